The number of hydrogen-bond donors (Lipinski definition) is 0. The van der Waals surface area contributed by atoms with Crippen LogP contribution in [0.4, 0.5) is 26.3 Å². The van der Waals surface area contributed by atoms with Gasteiger partial charge in [0.05, 0.1) is 10.8 Å². The van der Waals surface area contributed by atoms with Crippen LogP contribution in [-0.2, 0) is 29.0 Å². The van der Waals surface area contributed by atoms with Gasteiger partial charge in [-0.2, -0.15) is 26.3 Å². The molecule has 0 radical (unpaired) electrons. The van der Waals surface area contributed by atoms with Crippen LogP contribution in [-0.4, -0.2) is 36.7 Å². The van der Waals surface area contributed by atoms with Crippen molar-refractivity contribution < 1.29 is 39.5 Å². The van der Waals surface area contributed by atoms with Crippen LogP contribution in [0.2, 0.25) is 0 Å². The van der Waals surface area contributed by atoms with Gasteiger partial charge in [-0.3, -0.25) is 4.90 Å². The summed E-state index contributed by atoms with van der Waals surface area (Å²) in [4.78, 5) is 2.02. The zero-order valence-electron chi connectivity index (χ0n) is 18.0. The molecule has 4 rings (SSSR count). The van der Waals surface area contributed by atoms with Crippen LogP contribution in [0.25, 0.3) is 0 Å². The molecule has 2 aliphatic rings. The molecule has 4 nitrogen and oxygen atoms in total. The highest BCUT2D eigenvalue weighted by Crippen LogP contribution is 2.39. The Balaban J connectivity index is 1.47. The lowest BCUT2D eigenvalue weighted by molar-refractivity contribution is -0.137. The molecule has 0 saturated heterocycles. The highest BCUT2D eigenvalue weighted by Gasteiger charge is 2.51. The fourth-order valence-electron chi connectivity index (χ4n) is 4.77. The second-order valence-electron chi connectivity index (χ2n) is 8.67. The van der Waals surface area contributed by atoms with Crippen LogP contribution in [0.1, 0.15) is 42.4 Å². The number of hydrogen-bond acceptors (Lipinski definition) is 4. The van der Waals surface area contributed by atoms with E-state index in [4.69, 9.17) is 4.74 Å². The lowest BCUT2D eigenvalue weighted by Gasteiger charge is -2.40. The Morgan fingerprint density at radius 2 is 1.65 bits per heavy atom. The van der Waals surface area contributed by atoms with Crippen LogP contribution in [0, 0.1) is 0 Å². The predicted octanol–water partition coefficient (Wildman–Crippen LogP) is 6.10. The van der Waals surface area contributed by atoms with Gasteiger partial charge in [0.2, 0.25) is 0 Å². The molecule has 0 N–H and O–H groups in total. The van der Waals surface area contributed by atoms with Crippen LogP contribution in [0.15, 0.2) is 42.5 Å². The first-order valence-corrected chi connectivity index (χ1v) is 12.4. The lowest BCUT2D eigenvalue weighted by Crippen LogP contribution is -2.46. The van der Waals surface area contributed by atoms with E-state index in [0.29, 0.717) is 38.1 Å². The zero-order valence-corrected chi connectivity index (χ0v) is 18.8. The van der Waals surface area contributed by atoms with E-state index in [-0.39, 0.29) is 24.6 Å². The molecule has 0 aromatic heterocycles. The summed E-state index contributed by atoms with van der Waals surface area (Å²) in [6.07, 6.45) is -2.93. The summed E-state index contributed by atoms with van der Waals surface area (Å²) >= 11 is 0. The smallest absolute Gasteiger partial charge is 0.457 e. The van der Waals surface area contributed by atoms with Crippen molar-refractivity contribution in [3.63, 3.8) is 0 Å². The number of rotatable bonds is 4. The average molecular weight is 507 g/mol. The molecule has 2 atom stereocenters. The molecule has 1 fully saturated rings. The summed E-state index contributed by atoms with van der Waals surface area (Å²) in [5, 5.41) is -1.43. The maximum Gasteiger partial charge on any atom is 0.497 e. The molecule has 0 amide bonds. The standard InChI is InChI=1S/C23H23F6NO3S/c24-22(25,26)16-7-9-18(10-8-16)33-21-6-1-3-15-14-30(12-11-20(15)21)17-4-2-5-19(13-17)34(31,32)23(27,28)29/h1,3,6-10,17,19H,2,4-5,11-14H2. The highest BCUT2D eigenvalue weighted by atomic mass is 32.2. The minimum atomic E-state index is -5.25. The minimum Gasteiger partial charge on any atom is -0.457 e. The van der Waals surface area contributed by atoms with Crippen molar-refractivity contribution in [2.24, 2.45) is 0 Å². The number of ether oxygens (including phenoxy) is 1. The average Bonchev–Trinajstić information content (AvgIpc) is 2.78. The van der Waals surface area contributed by atoms with E-state index in [1.165, 1.54) is 12.1 Å². The minimum absolute atomic E-state index is 0.00782. The van der Waals surface area contributed by atoms with Crippen molar-refractivity contribution in [3.8, 4) is 11.5 Å². The van der Waals surface area contributed by atoms with Crippen molar-refractivity contribution in [1.29, 1.82) is 0 Å². The Kier molecular flexibility index (Phi) is 6.63. The van der Waals surface area contributed by atoms with E-state index in [9.17, 15) is 34.8 Å². The summed E-state index contributed by atoms with van der Waals surface area (Å²) in [5.74, 6) is 0.773. The Morgan fingerprint density at radius 3 is 2.29 bits per heavy atom. The summed E-state index contributed by atoms with van der Waals surface area (Å²) in [6.45, 7) is 0.951. The summed E-state index contributed by atoms with van der Waals surface area (Å²) < 4.78 is 107. The van der Waals surface area contributed by atoms with Gasteiger partial charge in [-0.1, -0.05) is 18.6 Å². The molecule has 1 aliphatic heterocycles. The largest absolute Gasteiger partial charge is 0.497 e. The Bertz CT molecular complexity index is 1130. The predicted molar refractivity (Wildman–Crippen MR) is 113 cm³/mol. The highest BCUT2D eigenvalue weighted by molar-refractivity contribution is 7.92. The van der Waals surface area contributed by atoms with E-state index < -0.39 is 32.3 Å². The molecule has 34 heavy (non-hydrogen) atoms. The summed E-state index contributed by atoms with van der Waals surface area (Å²) in [7, 11) is -5.20. The van der Waals surface area contributed by atoms with E-state index in [0.717, 1.165) is 23.3 Å². The van der Waals surface area contributed by atoms with Gasteiger partial charge in [-0.15, -0.1) is 0 Å². The van der Waals surface area contributed by atoms with Crippen molar-refractivity contribution >= 4 is 9.84 Å². The third-order valence-electron chi connectivity index (χ3n) is 6.54. The Morgan fingerprint density at radius 1 is 0.941 bits per heavy atom. The van der Waals surface area contributed by atoms with Crippen molar-refractivity contribution in [1.82, 2.24) is 4.90 Å². The monoisotopic (exact) mass is 507 g/mol. The van der Waals surface area contributed by atoms with Gasteiger partial charge < -0.3 is 4.74 Å². The topological polar surface area (TPSA) is 46.6 Å². The van der Waals surface area contributed by atoms with E-state index in [1.54, 1.807) is 12.1 Å². The van der Waals surface area contributed by atoms with Crippen molar-refractivity contribution in [3.05, 3.63) is 59.2 Å². The molecular weight excluding hydrogens is 484 g/mol. The van der Waals surface area contributed by atoms with Crippen molar-refractivity contribution in [2.75, 3.05) is 6.54 Å². The van der Waals surface area contributed by atoms with Gasteiger partial charge in [-0.25, -0.2) is 8.42 Å². The third kappa shape index (κ3) is 5.05. The first-order valence-electron chi connectivity index (χ1n) is 10.9. The number of benzene rings is 2. The number of halogens is 6. The van der Waals surface area contributed by atoms with Crippen LogP contribution >= 0.6 is 0 Å². The molecule has 1 saturated carbocycles. The number of nitrogens with zero attached hydrogens (tertiary/aromatic N) is 1. The van der Waals surface area contributed by atoms with E-state index in [2.05, 4.69) is 0 Å². The Labute approximate surface area is 193 Å². The van der Waals surface area contributed by atoms with Gasteiger partial charge in [0.25, 0.3) is 9.84 Å². The normalized spacial score (nSPS) is 22.3. The first-order chi connectivity index (χ1) is 15.9. The number of sulfone groups is 1. The Hall–Kier alpha value is -2.27. The fraction of sp³-hybridized carbons (Fsp3) is 0.478. The van der Waals surface area contributed by atoms with Crippen molar-refractivity contribution in [2.45, 2.75) is 61.6 Å². The van der Waals surface area contributed by atoms with Gasteiger partial charge in [-0.05, 0) is 61.6 Å². The molecule has 2 aromatic rings. The molecule has 2 unspecified atom stereocenters. The molecule has 1 aliphatic carbocycles. The lowest BCUT2D eigenvalue weighted by atomic mass is 9.90. The third-order valence-corrected chi connectivity index (χ3v) is 8.49. The maximum atomic E-state index is 13.0. The molecule has 0 spiro atoms. The quantitative estimate of drug-likeness (QED) is 0.469. The molecular formula is C23H23F6NO3S. The van der Waals surface area contributed by atoms with Crippen LogP contribution < -0.4 is 4.74 Å². The number of fused-ring (bicyclic) bond motifs is 1. The van der Waals surface area contributed by atoms with Gasteiger partial charge in [0.1, 0.15) is 11.5 Å². The SMILES string of the molecule is O=S(=O)(C1CCCC(N2CCc3c(cccc3Oc3ccc(C(F)(F)F)cc3)C2)C1)C(F)(F)F. The van der Waals surface area contributed by atoms with Gasteiger partial charge >= 0.3 is 11.7 Å². The molecule has 186 valence electrons. The van der Waals surface area contributed by atoms with Crippen LogP contribution in [0.3, 0.4) is 0 Å². The molecule has 0 bridgehead atoms. The molecule has 1 heterocycles. The summed E-state index contributed by atoms with van der Waals surface area (Å²) in [5.41, 5.74) is -4.24. The number of alkyl halides is 6. The van der Waals surface area contributed by atoms with E-state index >= 15 is 0 Å². The summed E-state index contributed by atoms with van der Waals surface area (Å²) in [6, 6.07) is 9.46. The van der Waals surface area contributed by atoms with E-state index in [1.807, 2.05) is 11.0 Å². The van der Waals surface area contributed by atoms with Crippen LogP contribution in [0.5, 0.6) is 11.5 Å². The van der Waals surface area contributed by atoms with Gasteiger partial charge in [0.15, 0.2) is 0 Å². The maximum absolute atomic E-state index is 13.0. The van der Waals surface area contributed by atoms with Gasteiger partial charge in [0, 0.05) is 24.7 Å². The second-order valence-corrected chi connectivity index (χ2v) is 10.9. The first kappa shape index (κ1) is 24.8. The fourth-order valence-corrected chi connectivity index (χ4v) is 6.10. The molecule has 11 heteroatoms. The zero-order chi connectivity index (χ0) is 24.7. The second kappa shape index (κ2) is 9.07. The molecule has 2 aromatic carbocycles.